The highest BCUT2D eigenvalue weighted by atomic mass is 19.1. The molecular formula is C15H14F2N2O4. The number of amides is 1. The Bertz CT molecular complexity index is 725. The van der Waals surface area contributed by atoms with Crippen LogP contribution < -0.4 is 0 Å². The minimum Gasteiger partial charge on any atom is -0.481 e. The second-order valence-electron chi connectivity index (χ2n) is 5.06. The number of carboxylic acids is 1. The minimum atomic E-state index is -1.04. The number of aromatic nitrogens is 1. The number of hydrogen-bond donors (Lipinski definition) is 1. The summed E-state index contributed by atoms with van der Waals surface area (Å²) in [5.41, 5.74) is -0.629. The Kier molecular flexibility index (Phi) is 4.73. The van der Waals surface area contributed by atoms with E-state index in [-0.39, 0.29) is 18.1 Å². The van der Waals surface area contributed by atoms with Crippen LogP contribution in [0.15, 0.2) is 28.9 Å². The largest absolute Gasteiger partial charge is 0.481 e. The first kappa shape index (κ1) is 16.6. The molecule has 1 N–H and O–H groups in total. The number of nitrogens with zero attached hydrogens (tertiary/aromatic N) is 2. The minimum absolute atomic E-state index is 0.0373. The molecule has 1 aromatic carbocycles. The number of oxazole rings is 1. The summed E-state index contributed by atoms with van der Waals surface area (Å²) in [7, 11) is 1.40. The average molecular weight is 324 g/mol. The Balaban J connectivity index is 2.22. The molecule has 1 unspecified atom stereocenters. The molecule has 2 rings (SSSR count). The van der Waals surface area contributed by atoms with Crippen LogP contribution in [-0.4, -0.2) is 40.5 Å². The zero-order chi connectivity index (χ0) is 17.1. The molecule has 0 saturated heterocycles. The van der Waals surface area contributed by atoms with Crippen LogP contribution in [0.25, 0.3) is 11.5 Å². The van der Waals surface area contributed by atoms with E-state index in [9.17, 15) is 18.4 Å². The normalized spacial score (nSPS) is 12.0. The molecular weight excluding hydrogens is 310 g/mol. The summed E-state index contributed by atoms with van der Waals surface area (Å²) in [6.07, 6.45) is 0.978. The lowest BCUT2D eigenvalue weighted by Crippen LogP contribution is -2.33. The van der Waals surface area contributed by atoms with Crippen LogP contribution in [0.5, 0.6) is 0 Å². The van der Waals surface area contributed by atoms with Gasteiger partial charge in [-0.3, -0.25) is 9.59 Å². The SMILES string of the molecule is CC(CN(C)C(=O)c1coc(-c2c(F)cccc2F)n1)C(=O)O. The lowest BCUT2D eigenvalue weighted by Gasteiger charge is -2.17. The van der Waals surface area contributed by atoms with Gasteiger partial charge in [-0.05, 0) is 12.1 Å². The molecule has 8 heteroatoms. The predicted molar refractivity (Wildman–Crippen MR) is 75.6 cm³/mol. The maximum Gasteiger partial charge on any atom is 0.308 e. The topological polar surface area (TPSA) is 83.6 Å². The lowest BCUT2D eigenvalue weighted by molar-refractivity contribution is -0.141. The van der Waals surface area contributed by atoms with Crippen LogP contribution in [0.1, 0.15) is 17.4 Å². The van der Waals surface area contributed by atoms with Gasteiger partial charge in [0.2, 0.25) is 5.89 Å². The third kappa shape index (κ3) is 3.53. The van der Waals surface area contributed by atoms with E-state index in [0.717, 1.165) is 23.3 Å². The summed E-state index contributed by atoms with van der Waals surface area (Å²) in [6, 6.07) is 3.29. The van der Waals surface area contributed by atoms with Crippen molar-refractivity contribution in [1.82, 2.24) is 9.88 Å². The number of carbonyl (C=O) groups excluding carboxylic acids is 1. The van der Waals surface area contributed by atoms with E-state index < -0.39 is 35.0 Å². The monoisotopic (exact) mass is 324 g/mol. The first-order chi connectivity index (χ1) is 10.8. The van der Waals surface area contributed by atoms with E-state index in [1.807, 2.05) is 0 Å². The van der Waals surface area contributed by atoms with E-state index in [0.29, 0.717) is 0 Å². The van der Waals surface area contributed by atoms with Crippen LogP contribution in [0, 0.1) is 17.6 Å². The van der Waals surface area contributed by atoms with Crippen LogP contribution in [0.3, 0.4) is 0 Å². The van der Waals surface area contributed by atoms with Gasteiger partial charge in [0, 0.05) is 13.6 Å². The summed E-state index contributed by atoms with van der Waals surface area (Å²) < 4.78 is 32.3. The van der Waals surface area contributed by atoms with Crippen molar-refractivity contribution < 1.29 is 27.9 Å². The summed E-state index contributed by atoms with van der Waals surface area (Å²) >= 11 is 0. The highest BCUT2D eigenvalue weighted by Gasteiger charge is 2.23. The van der Waals surface area contributed by atoms with Gasteiger partial charge in [0.1, 0.15) is 23.5 Å². The van der Waals surface area contributed by atoms with Gasteiger partial charge >= 0.3 is 5.97 Å². The molecule has 0 aliphatic rings. The van der Waals surface area contributed by atoms with Gasteiger partial charge in [0.15, 0.2) is 5.69 Å². The van der Waals surface area contributed by atoms with Crippen LogP contribution in [0.2, 0.25) is 0 Å². The van der Waals surface area contributed by atoms with Crippen molar-refractivity contribution >= 4 is 11.9 Å². The zero-order valence-corrected chi connectivity index (χ0v) is 12.4. The maximum atomic E-state index is 13.7. The van der Waals surface area contributed by atoms with Gasteiger partial charge in [-0.2, -0.15) is 0 Å². The molecule has 1 heterocycles. The molecule has 0 radical (unpaired) electrons. The summed E-state index contributed by atoms with van der Waals surface area (Å²) in [6.45, 7) is 1.42. The van der Waals surface area contributed by atoms with Crippen molar-refractivity contribution in [1.29, 1.82) is 0 Å². The first-order valence-electron chi connectivity index (χ1n) is 6.69. The van der Waals surface area contributed by atoms with Gasteiger partial charge in [0.05, 0.1) is 5.92 Å². The van der Waals surface area contributed by atoms with Crippen molar-refractivity contribution in [2.75, 3.05) is 13.6 Å². The molecule has 2 aromatic rings. The standard InChI is InChI=1S/C15H14F2N2O4/c1-8(15(21)22)6-19(2)14(20)11-7-23-13(18-11)12-9(16)4-3-5-10(12)17/h3-5,7-8H,6H2,1-2H3,(H,21,22). The fourth-order valence-corrected chi connectivity index (χ4v) is 1.96. The van der Waals surface area contributed by atoms with Crippen LogP contribution in [0.4, 0.5) is 8.78 Å². The zero-order valence-electron chi connectivity index (χ0n) is 12.4. The Morgan fingerprint density at radius 2 is 1.96 bits per heavy atom. The highest BCUT2D eigenvalue weighted by Crippen LogP contribution is 2.25. The Labute approximate surface area is 130 Å². The Hall–Kier alpha value is -2.77. The van der Waals surface area contributed by atoms with Crippen LogP contribution in [-0.2, 0) is 4.79 Å². The molecule has 0 bridgehead atoms. The number of carbonyl (C=O) groups is 2. The van der Waals surface area contributed by atoms with Gasteiger partial charge < -0.3 is 14.4 Å². The number of rotatable bonds is 5. The van der Waals surface area contributed by atoms with E-state index in [1.54, 1.807) is 0 Å². The molecule has 0 aliphatic carbocycles. The van der Waals surface area contributed by atoms with Crippen molar-refractivity contribution in [2.24, 2.45) is 5.92 Å². The Morgan fingerprint density at radius 1 is 1.35 bits per heavy atom. The summed E-state index contributed by atoms with van der Waals surface area (Å²) in [5.74, 6) is -4.50. The average Bonchev–Trinajstić information content (AvgIpc) is 2.95. The fourth-order valence-electron chi connectivity index (χ4n) is 1.96. The number of hydrogen-bond acceptors (Lipinski definition) is 4. The molecule has 1 aromatic heterocycles. The molecule has 0 saturated carbocycles. The number of carboxylic acid groups (broad SMARTS) is 1. The van der Waals surface area contributed by atoms with Gasteiger partial charge in [-0.1, -0.05) is 13.0 Å². The second kappa shape index (κ2) is 6.55. The molecule has 1 atom stereocenters. The molecule has 0 fully saturated rings. The van der Waals surface area contributed by atoms with Crippen molar-refractivity contribution in [3.05, 3.63) is 41.8 Å². The fraction of sp³-hybridized carbons (Fsp3) is 0.267. The third-order valence-electron chi connectivity index (χ3n) is 3.22. The lowest BCUT2D eigenvalue weighted by atomic mass is 10.2. The quantitative estimate of drug-likeness (QED) is 0.913. The van der Waals surface area contributed by atoms with E-state index in [2.05, 4.69) is 4.98 Å². The highest BCUT2D eigenvalue weighted by molar-refractivity contribution is 5.92. The predicted octanol–water partition coefficient (Wildman–Crippen LogP) is 2.41. The second-order valence-corrected chi connectivity index (χ2v) is 5.06. The van der Waals surface area contributed by atoms with E-state index in [1.165, 1.54) is 20.0 Å². The van der Waals surface area contributed by atoms with Crippen molar-refractivity contribution in [2.45, 2.75) is 6.92 Å². The maximum absolute atomic E-state index is 13.7. The van der Waals surface area contributed by atoms with Gasteiger partial charge in [-0.25, -0.2) is 13.8 Å². The summed E-state index contributed by atoms with van der Waals surface area (Å²) in [4.78, 5) is 27.9. The molecule has 23 heavy (non-hydrogen) atoms. The van der Waals surface area contributed by atoms with Gasteiger partial charge in [-0.15, -0.1) is 0 Å². The smallest absolute Gasteiger partial charge is 0.308 e. The summed E-state index contributed by atoms with van der Waals surface area (Å²) in [5, 5.41) is 8.84. The van der Waals surface area contributed by atoms with Crippen molar-refractivity contribution in [3.8, 4) is 11.5 Å². The van der Waals surface area contributed by atoms with Crippen LogP contribution >= 0.6 is 0 Å². The van der Waals surface area contributed by atoms with Gasteiger partial charge in [0.25, 0.3) is 5.91 Å². The number of benzene rings is 1. The third-order valence-corrected chi connectivity index (χ3v) is 3.22. The number of aliphatic carboxylic acids is 1. The Morgan fingerprint density at radius 3 is 2.52 bits per heavy atom. The number of halogens is 2. The van der Waals surface area contributed by atoms with E-state index >= 15 is 0 Å². The molecule has 0 spiro atoms. The molecule has 0 aliphatic heterocycles. The molecule has 1 amide bonds. The van der Waals surface area contributed by atoms with Crippen molar-refractivity contribution in [3.63, 3.8) is 0 Å². The van der Waals surface area contributed by atoms with E-state index in [4.69, 9.17) is 9.52 Å². The molecule has 122 valence electrons. The molecule has 6 nitrogen and oxygen atoms in total. The first-order valence-corrected chi connectivity index (χ1v) is 6.69.